The molecule has 0 aliphatic carbocycles. The Morgan fingerprint density at radius 1 is 1.35 bits per heavy atom. The molecule has 2 amide bonds. The lowest BCUT2D eigenvalue weighted by molar-refractivity contribution is 0.0948. The van der Waals surface area contributed by atoms with Gasteiger partial charge in [-0.2, -0.15) is 0 Å². The van der Waals surface area contributed by atoms with Crippen LogP contribution in [-0.2, 0) is 0 Å². The van der Waals surface area contributed by atoms with Gasteiger partial charge in [0.05, 0.1) is 12.2 Å². The van der Waals surface area contributed by atoms with Gasteiger partial charge < -0.3 is 15.8 Å². The number of rotatable bonds is 5. The van der Waals surface area contributed by atoms with Gasteiger partial charge in [-0.15, -0.1) is 0 Å². The van der Waals surface area contributed by atoms with E-state index in [1.807, 2.05) is 6.92 Å². The second kappa shape index (κ2) is 5.89. The zero-order valence-electron chi connectivity index (χ0n) is 9.95. The monoisotopic (exact) mass is 236 g/mol. The predicted molar refractivity (Wildman–Crippen MR) is 64.1 cm³/mol. The van der Waals surface area contributed by atoms with Gasteiger partial charge in [0.25, 0.3) is 5.91 Å². The Kier molecular flexibility index (Phi) is 4.51. The minimum atomic E-state index is -0.548. The zero-order valence-corrected chi connectivity index (χ0v) is 9.95. The summed E-state index contributed by atoms with van der Waals surface area (Å²) in [4.78, 5) is 22.7. The standard InChI is InChI=1S/C12H16N2O3/c1-3-14-12(16)9-6-5-8(11(13)15)7-10(9)17-4-2/h5-7H,3-4H2,1-2H3,(H2,13,15)(H,14,16). The first kappa shape index (κ1) is 13.0. The lowest BCUT2D eigenvalue weighted by atomic mass is 10.1. The molecule has 1 aromatic carbocycles. The van der Waals surface area contributed by atoms with E-state index in [9.17, 15) is 9.59 Å². The van der Waals surface area contributed by atoms with Crippen LogP contribution in [0.25, 0.3) is 0 Å². The van der Waals surface area contributed by atoms with Crippen molar-refractivity contribution in [3.05, 3.63) is 29.3 Å². The van der Waals surface area contributed by atoms with Crippen LogP contribution in [-0.4, -0.2) is 25.0 Å². The minimum Gasteiger partial charge on any atom is -0.493 e. The van der Waals surface area contributed by atoms with Crippen molar-refractivity contribution in [2.24, 2.45) is 5.73 Å². The van der Waals surface area contributed by atoms with Gasteiger partial charge in [0.15, 0.2) is 0 Å². The Balaban J connectivity index is 3.12. The molecule has 5 nitrogen and oxygen atoms in total. The van der Waals surface area contributed by atoms with Gasteiger partial charge in [-0.05, 0) is 32.0 Å². The smallest absolute Gasteiger partial charge is 0.255 e. The highest BCUT2D eigenvalue weighted by Crippen LogP contribution is 2.20. The number of primary amides is 1. The number of benzene rings is 1. The largest absolute Gasteiger partial charge is 0.493 e. The predicted octanol–water partition coefficient (Wildman–Crippen LogP) is 0.934. The molecule has 5 heteroatoms. The van der Waals surface area contributed by atoms with Gasteiger partial charge in [-0.3, -0.25) is 9.59 Å². The number of carbonyl (C=O) groups excluding carboxylic acids is 2. The minimum absolute atomic E-state index is 0.230. The van der Waals surface area contributed by atoms with Crippen LogP contribution in [0.1, 0.15) is 34.6 Å². The number of amides is 2. The number of hydrogen-bond acceptors (Lipinski definition) is 3. The lowest BCUT2D eigenvalue weighted by Gasteiger charge is -2.10. The van der Waals surface area contributed by atoms with E-state index in [2.05, 4.69) is 5.32 Å². The number of nitrogens with two attached hydrogens (primary N) is 1. The van der Waals surface area contributed by atoms with Crippen LogP contribution in [0.5, 0.6) is 5.75 Å². The molecular weight excluding hydrogens is 220 g/mol. The summed E-state index contributed by atoms with van der Waals surface area (Å²) < 4.78 is 5.33. The molecule has 0 spiro atoms. The molecule has 0 bridgehead atoms. The summed E-state index contributed by atoms with van der Waals surface area (Å²) in [6.07, 6.45) is 0. The van der Waals surface area contributed by atoms with E-state index < -0.39 is 5.91 Å². The quantitative estimate of drug-likeness (QED) is 0.798. The topological polar surface area (TPSA) is 81.4 Å². The van der Waals surface area contributed by atoms with Crippen LogP contribution in [0.2, 0.25) is 0 Å². The molecule has 0 aliphatic heterocycles. The number of carbonyl (C=O) groups is 2. The maximum atomic E-state index is 11.7. The van der Waals surface area contributed by atoms with Gasteiger partial charge in [-0.1, -0.05) is 0 Å². The van der Waals surface area contributed by atoms with Crippen molar-refractivity contribution in [2.45, 2.75) is 13.8 Å². The van der Waals surface area contributed by atoms with Crippen molar-refractivity contribution in [3.63, 3.8) is 0 Å². The second-order valence-electron chi connectivity index (χ2n) is 3.37. The summed E-state index contributed by atoms with van der Waals surface area (Å²) in [6.45, 7) is 4.57. The molecule has 0 saturated carbocycles. The molecule has 0 fully saturated rings. The summed E-state index contributed by atoms with van der Waals surface area (Å²) in [7, 11) is 0. The summed E-state index contributed by atoms with van der Waals surface area (Å²) >= 11 is 0. The highest BCUT2D eigenvalue weighted by molar-refractivity contribution is 5.99. The molecule has 0 atom stereocenters. The molecule has 0 saturated heterocycles. The fraction of sp³-hybridized carbons (Fsp3) is 0.333. The summed E-state index contributed by atoms with van der Waals surface area (Å²) in [5.41, 5.74) is 5.89. The van der Waals surface area contributed by atoms with Gasteiger partial charge in [0.1, 0.15) is 5.75 Å². The van der Waals surface area contributed by atoms with Crippen LogP contribution in [0, 0.1) is 0 Å². The third-order valence-corrected chi connectivity index (χ3v) is 2.15. The average molecular weight is 236 g/mol. The molecule has 3 N–H and O–H groups in total. The summed E-state index contributed by atoms with van der Waals surface area (Å²) in [6, 6.07) is 4.53. The molecule has 0 heterocycles. The first-order chi connectivity index (χ1) is 8.10. The van der Waals surface area contributed by atoms with Crippen molar-refractivity contribution in [2.75, 3.05) is 13.2 Å². The van der Waals surface area contributed by atoms with E-state index in [0.717, 1.165) is 0 Å². The fourth-order valence-electron chi connectivity index (χ4n) is 1.39. The van der Waals surface area contributed by atoms with E-state index in [1.54, 1.807) is 6.92 Å². The zero-order chi connectivity index (χ0) is 12.8. The van der Waals surface area contributed by atoms with E-state index in [0.29, 0.717) is 30.0 Å². The fourth-order valence-corrected chi connectivity index (χ4v) is 1.39. The van der Waals surface area contributed by atoms with Gasteiger partial charge >= 0.3 is 0 Å². The van der Waals surface area contributed by atoms with Crippen LogP contribution >= 0.6 is 0 Å². The molecule has 1 rings (SSSR count). The molecule has 1 aromatic rings. The van der Waals surface area contributed by atoms with Crippen LogP contribution < -0.4 is 15.8 Å². The average Bonchev–Trinajstić information content (AvgIpc) is 2.29. The Bertz CT molecular complexity index is 430. The Labute approximate surface area is 99.9 Å². The van der Waals surface area contributed by atoms with E-state index >= 15 is 0 Å². The third-order valence-electron chi connectivity index (χ3n) is 2.15. The first-order valence-electron chi connectivity index (χ1n) is 5.45. The number of ether oxygens (including phenoxy) is 1. The van der Waals surface area contributed by atoms with E-state index in [4.69, 9.17) is 10.5 Å². The highest BCUT2D eigenvalue weighted by Gasteiger charge is 2.13. The van der Waals surface area contributed by atoms with Crippen molar-refractivity contribution in [1.82, 2.24) is 5.32 Å². The van der Waals surface area contributed by atoms with Crippen molar-refractivity contribution >= 4 is 11.8 Å². The summed E-state index contributed by atoms with van der Waals surface area (Å²) in [5.74, 6) is -0.407. The maximum absolute atomic E-state index is 11.7. The van der Waals surface area contributed by atoms with Crippen LogP contribution in [0.4, 0.5) is 0 Å². The number of hydrogen-bond donors (Lipinski definition) is 2. The molecule has 0 unspecified atom stereocenters. The molecular formula is C12H16N2O3. The molecule has 92 valence electrons. The maximum Gasteiger partial charge on any atom is 0.255 e. The SMILES string of the molecule is CCNC(=O)c1ccc(C(N)=O)cc1OCC. The van der Waals surface area contributed by atoms with Gasteiger partial charge in [0.2, 0.25) is 5.91 Å². The van der Waals surface area contributed by atoms with E-state index in [-0.39, 0.29) is 5.91 Å². The molecule has 0 aliphatic rings. The molecule has 0 radical (unpaired) electrons. The normalized spacial score (nSPS) is 9.76. The van der Waals surface area contributed by atoms with Gasteiger partial charge in [-0.25, -0.2) is 0 Å². The van der Waals surface area contributed by atoms with Crippen LogP contribution in [0.3, 0.4) is 0 Å². The second-order valence-corrected chi connectivity index (χ2v) is 3.37. The van der Waals surface area contributed by atoms with E-state index in [1.165, 1.54) is 18.2 Å². The highest BCUT2D eigenvalue weighted by atomic mass is 16.5. The van der Waals surface area contributed by atoms with Crippen LogP contribution in [0.15, 0.2) is 18.2 Å². The Morgan fingerprint density at radius 2 is 2.06 bits per heavy atom. The van der Waals surface area contributed by atoms with Crippen molar-refractivity contribution in [3.8, 4) is 5.75 Å². The number of nitrogens with one attached hydrogen (secondary N) is 1. The van der Waals surface area contributed by atoms with Gasteiger partial charge in [0, 0.05) is 12.1 Å². The molecule has 17 heavy (non-hydrogen) atoms. The lowest BCUT2D eigenvalue weighted by Crippen LogP contribution is -2.23. The Morgan fingerprint density at radius 3 is 2.59 bits per heavy atom. The van der Waals surface area contributed by atoms with Crippen molar-refractivity contribution < 1.29 is 14.3 Å². The first-order valence-corrected chi connectivity index (χ1v) is 5.45. The van der Waals surface area contributed by atoms with Crippen molar-refractivity contribution in [1.29, 1.82) is 0 Å². The Hall–Kier alpha value is -2.04. The third kappa shape index (κ3) is 3.21. The molecule has 0 aromatic heterocycles. The summed E-state index contributed by atoms with van der Waals surface area (Å²) in [5, 5.41) is 2.67.